The van der Waals surface area contributed by atoms with E-state index >= 15 is 0 Å². The van der Waals surface area contributed by atoms with Crippen molar-refractivity contribution in [3.63, 3.8) is 0 Å². The highest BCUT2D eigenvalue weighted by atomic mass is 79.9. The number of aromatic nitrogens is 3. The molecule has 2 heterocycles. The fourth-order valence-electron chi connectivity index (χ4n) is 2.57. The van der Waals surface area contributed by atoms with Gasteiger partial charge in [0.25, 0.3) is 0 Å². The molecule has 2 aromatic rings. The van der Waals surface area contributed by atoms with E-state index in [9.17, 15) is 13.2 Å². The van der Waals surface area contributed by atoms with E-state index in [0.717, 1.165) is 31.3 Å². The van der Waals surface area contributed by atoms with Crippen LogP contribution in [0.5, 0.6) is 0 Å². The number of aryl methyl sites for hydroxylation is 1. The average molecular weight is 346 g/mol. The van der Waals surface area contributed by atoms with E-state index in [4.69, 9.17) is 0 Å². The number of alkyl halides is 3. The Morgan fingerprint density at radius 1 is 1.30 bits per heavy atom. The molecule has 0 fully saturated rings. The summed E-state index contributed by atoms with van der Waals surface area (Å²) in [7, 11) is 0. The Labute approximate surface area is 121 Å². The van der Waals surface area contributed by atoms with Gasteiger partial charge in [0.1, 0.15) is 5.82 Å². The number of nitrogens with zero attached hydrogens (tertiary/aromatic N) is 3. The number of benzene rings is 1. The van der Waals surface area contributed by atoms with Gasteiger partial charge in [-0.05, 0) is 40.4 Å². The van der Waals surface area contributed by atoms with E-state index in [1.54, 1.807) is 10.7 Å². The quantitative estimate of drug-likeness (QED) is 0.782. The van der Waals surface area contributed by atoms with Gasteiger partial charge in [0.05, 0.1) is 5.56 Å². The summed E-state index contributed by atoms with van der Waals surface area (Å²) in [6, 6.07) is 5.47. The molecular weight excluding hydrogens is 335 g/mol. The van der Waals surface area contributed by atoms with Gasteiger partial charge in [0.2, 0.25) is 4.73 Å². The molecule has 1 atom stereocenters. The van der Waals surface area contributed by atoms with Gasteiger partial charge < -0.3 is 0 Å². The number of hydrogen-bond acceptors (Lipinski definition) is 2. The Morgan fingerprint density at radius 2 is 2.10 bits per heavy atom. The van der Waals surface area contributed by atoms with Crippen molar-refractivity contribution < 1.29 is 13.2 Å². The summed E-state index contributed by atoms with van der Waals surface area (Å²) in [5.41, 5.74) is 0.0198. The number of fused-ring (bicyclic) bond motifs is 1. The molecule has 7 heteroatoms. The van der Waals surface area contributed by atoms with Crippen molar-refractivity contribution in [2.24, 2.45) is 0 Å². The van der Waals surface area contributed by atoms with Crippen molar-refractivity contribution in [2.45, 2.75) is 31.5 Å². The van der Waals surface area contributed by atoms with E-state index in [0.29, 0.717) is 10.3 Å². The largest absolute Gasteiger partial charge is 0.416 e. The Balaban J connectivity index is 2.02. The van der Waals surface area contributed by atoms with Gasteiger partial charge in [0.15, 0.2) is 0 Å². The van der Waals surface area contributed by atoms with E-state index in [1.807, 2.05) is 0 Å². The van der Waals surface area contributed by atoms with Crippen LogP contribution in [0.2, 0.25) is 0 Å². The summed E-state index contributed by atoms with van der Waals surface area (Å²) in [4.78, 5) is 4.29. The second kappa shape index (κ2) is 4.87. The molecular formula is C13H11BrF3N3. The first-order valence-electron chi connectivity index (χ1n) is 6.22. The van der Waals surface area contributed by atoms with Gasteiger partial charge in [-0.1, -0.05) is 18.2 Å². The summed E-state index contributed by atoms with van der Waals surface area (Å²) < 4.78 is 40.6. The molecule has 1 aromatic heterocycles. The first-order chi connectivity index (χ1) is 9.45. The van der Waals surface area contributed by atoms with Crippen molar-refractivity contribution in [3.05, 3.63) is 46.0 Å². The molecule has 0 bridgehead atoms. The molecule has 106 valence electrons. The second-order valence-electron chi connectivity index (χ2n) is 4.78. The molecule has 3 nitrogen and oxygen atoms in total. The topological polar surface area (TPSA) is 30.7 Å². The Bertz CT molecular complexity index is 636. The minimum atomic E-state index is -4.32. The minimum absolute atomic E-state index is 0.134. The van der Waals surface area contributed by atoms with Crippen LogP contribution in [-0.2, 0) is 12.7 Å². The molecule has 1 aliphatic heterocycles. The highest BCUT2D eigenvalue weighted by molar-refractivity contribution is 9.10. The maximum absolute atomic E-state index is 12.8. The standard InChI is InChI=1S/C13H11BrF3N3/c14-12-18-11-10(5-2-6-20(11)19-12)8-3-1-4-9(7-8)13(15,16)17/h1,3-4,7,10H,2,5-6H2. The predicted molar refractivity (Wildman–Crippen MR) is 70.2 cm³/mol. The minimum Gasteiger partial charge on any atom is -0.248 e. The van der Waals surface area contributed by atoms with Crippen molar-refractivity contribution in [1.29, 1.82) is 0 Å². The normalized spacial score (nSPS) is 18.9. The van der Waals surface area contributed by atoms with Crippen LogP contribution in [0.1, 0.15) is 35.7 Å². The van der Waals surface area contributed by atoms with Crippen LogP contribution in [0.3, 0.4) is 0 Å². The van der Waals surface area contributed by atoms with Gasteiger partial charge in [-0.15, -0.1) is 5.10 Å². The maximum atomic E-state index is 12.8. The second-order valence-corrected chi connectivity index (χ2v) is 5.49. The zero-order valence-electron chi connectivity index (χ0n) is 10.4. The molecule has 0 saturated heterocycles. The van der Waals surface area contributed by atoms with Gasteiger partial charge >= 0.3 is 6.18 Å². The zero-order chi connectivity index (χ0) is 14.3. The lowest BCUT2D eigenvalue weighted by Crippen LogP contribution is -2.18. The van der Waals surface area contributed by atoms with E-state index in [2.05, 4.69) is 26.0 Å². The number of halogens is 4. The van der Waals surface area contributed by atoms with Crippen LogP contribution in [0.4, 0.5) is 13.2 Å². The fraction of sp³-hybridized carbons (Fsp3) is 0.385. The van der Waals surface area contributed by atoms with Crippen LogP contribution in [0.15, 0.2) is 29.0 Å². The summed E-state index contributed by atoms with van der Waals surface area (Å²) in [5.74, 6) is 0.590. The third-order valence-corrected chi connectivity index (χ3v) is 3.80. The Morgan fingerprint density at radius 3 is 2.85 bits per heavy atom. The molecule has 20 heavy (non-hydrogen) atoms. The smallest absolute Gasteiger partial charge is 0.248 e. The first-order valence-corrected chi connectivity index (χ1v) is 7.02. The highest BCUT2D eigenvalue weighted by Crippen LogP contribution is 2.36. The average Bonchev–Trinajstić information content (AvgIpc) is 2.77. The lowest BCUT2D eigenvalue weighted by Gasteiger charge is -2.23. The molecule has 3 rings (SSSR count). The molecule has 0 radical (unpaired) electrons. The van der Waals surface area contributed by atoms with E-state index in [-0.39, 0.29) is 5.92 Å². The first kappa shape index (κ1) is 13.6. The third-order valence-electron chi connectivity index (χ3n) is 3.47. The maximum Gasteiger partial charge on any atom is 0.416 e. The third kappa shape index (κ3) is 2.46. The fourth-order valence-corrected chi connectivity index (χ4v) is 2.94. The lowest BCUT2D eigenvalue weighted by molar-refractivity contribution is -0.137. The Kier molecular flexibility index (Phi) is 3.32. The summed E-state index contributed by atoms with van der Waals surface area (Å²) in [6.07, 6.45) is -2.66. The van der Waals surface area contributed by atoms with Gasteiger partial charge in [0, 0.05) is 12.5 Å². The van der Waals surface area contributed by atoms with Crippen molar-refractivity contribution in [3.8, 4) is 0 Å². The van der Waals surface area contributed by atoms with Gasteiger partial charge in [-0.2, -0.15) is 13.2 Å². The van der Waals surface area contributed by atoms with Crippen LogP contribution < -0.4 is 0 Å². The number of hydrogen-bond donors (Lipinski definition) is 0. The summed E-state index contributed by atoms with van der Waals surface area (Å²) in [6.45, 7) is 0.753. The molecule has 1 aliphatic rings. The zero-order valence-corrected chi connectivity index (χ0v) is 11.9. The van der Waals surface area contributed by atoms with Gasteiger partial charge in [-0.3, -0.25) is 0 Å². The molecule has 0 saturated carbocycles. The van der Waals surface area contributed by atoms with Crippen LogP contribution in [0, 0.1) is 0 Å². The SMILES string of the molecule is FC(F)(F)c1cccc(C2CCCn3nc(Br)nc32)c1. The van der Waals surface area contributed by atoms with Crippen LogP contribution in [-0.4, -0.2) is 14.8 Å². The monoisotopic (exact) mass is 345 g/mol. The predicted octanol–water partition coefficient (Wildman–Crippen LogP) is 3.99. The van der Waals surface area contributed by atoms with Gasteiger partial charge in [-0.25, -0.2) is 9.67 Å². The lowest BCUT2D eigenvalue weighted by atomic mass is 9.90. The molecule has 0 N–H and O–H groups in total. The molecule has 0 aliphatic carbocycles. The highest BCUT2D eigenvalue weighted by Gasteiger charge is 2.32. The molecule has 1 aromatic carbocycles. The van der Waals surface area contributed by atoms with E-state index < -0.39 is 11.7 Å². The van der Waals surface area contributed by atoms with Crippen molar-refractivity contribution in [1.82, 2.24) is 14.8 Å². The van der Waals surface area contributed by atoms with Crippen LogP contribution in [0.25, 0.3) is 0 Å². The van der Waals surface area contributed by atoms with Crippen molar-refractivity contribution >= 4 is 15.9 Å². The van der Waals surface area contributed by atoms with Crippen LogP contribution >= 0.6 is 15.9 Å². The summed E-state index contributed by atoms with van der Waals surface area (Å²) >= 11 is 3.22. The molecule has 1 unspecified atom stereocenters. The van der Waals surface area contributed by atoms with Crippen molar-refractivity contribution in [2.75, 3.05) is 0 Å². The molecule has 0 amide bonds. The number of rotatable bonds is 1. The Hall–Kier alpha value is -1.37. The summed E-state index contributed by atoms with van der Waals surface area (Å²) in [5, 5.41) is 4.20. The molecule has 0 spiro atoms. The van der Waals surface area contributed by atoms with E-state index in [1.165, 1.54) is 12.1 Å².